The molecule has 7 heteroatoms. The van der Waals surface area contributed by atoms with Crippen LogP contribution < -0.4 is 16.6 Å². The highest BCUT2D eigenvalue weighted by atomic mass is 35.5. The first-order chi connectivity index (χ1) is 8.06. The van der Waals surface area contributed by atoms with Gasteiger partial charge in [-0.2, -0.15) is 0 Å². The minimum atomic E-state index is -3.46. The van der Waals surface area contributed by atoms with Gasteiger partial charge in [0.05, 0.1) is 6.61 Å². The molecule has 0 aliphatic carbocycles. The quantitative estimate of drug-likeness (QED) is 0.278. The second-order valence-electron chi connectivity index (χ2n) is 3.19. The number of halogens is 1. The minimum Gasteiger partial charge on any atom is -0.324 e. The molecule has 0 fully saturated rings. The van der Waals surface area contributed by atoms with Gasteiger partial charge in [0, 0.05) is 5.30 Å². The first-order valence-corrected chi connectivity index (χ1v) is 7.13. The summed E-state index contributed by atoms with van der Waals surface area (Å²) in [5, 5.41) is -0.944. The third-order valence-corrected chi connectivity index (χ3v) is 5.55. The lowest BCUT2D eigenvalue weighted by molar-refractivity contribution is -0.119. The van der Waals surface area contributed by atoms with E-state index in [9.17, 15) is 9.36 Å². The topological polar surface area (TPSA) is 81.4 Å². The highest BCUT2D eigenvalue weighted by Gasteiger charge is 2.39. The maximum atomic E-state index is 12.6. The van der Waals surface area contributed by atoms with Crippen LogP contribution in [-0.4, -0.2) is 17.6 Å². The Bertz CT molecular complexity index is 427. The zero-order valence-electron chi connectivity index (χ0n) is 9.30. The van der Waals surface area contributed by atoms with Gasteiger partial charge in [0.2, 0.25) is 0 Å². The average molecular weight is 277 g/mol. The monoisotopic (exact) mass is 276 g/mol. The lowest BCUT2D eigenvalue weighted by Gasteiger charge is -2.21. The van der Waals surface area contributed by atoms with Crippen LogP contribution in [0.5, 0.6) is 0 Å². The fourth-order valence-electron chi connectivity index (χ4n) is 1.32. The van der Waals surface area contributed by atoms with Crippen LogP contribution in [0.4, 0.5) is 0 Å². The number of hydrogen-bond donors (Lipinski definition) is 2. The first-order valence-electron chi connectivity index (χ1n) is 5.00. The molecule has 1 aromatic carbocycles. The molecule has 17 heavy (non-hydrogen) atoms. The van der Waals surface area contributed by atoms with Crippen molar-refractivity contribution >= 4 is 30.2 Å². The van der Waals surface area contributed by atoms with Crippen molar-refractivity contribution in [3.05, 3.63) is 30.3 Å². The van der Waals surface area contributed by atoms with Crippen molar-refractivity contribution in [3.8, 4) is 0 Å². The molecule has 0 bridgehead atoms. The van der Waals surface area contributed by atoms with Gasteiger partial charge in [-0.1, -0.05) is 18.2 Å². The molecule has 2 unspecified atom stereocenters. The summed E-state index contributed by atoms with van der Waals surface area (Å²) in [6.07, 6.45) is 0. The summed E-state index contributed by atoms with van der Waals surface area (Å²) in [6.45, 7) is 1.87. The molecule has 1 rings (SSSR count). The molecule has 0 spiro atoms. The third kappa shape index (κ3) is 3.07. The van der Waals surface area contributed by atoms with Crippen molar-refractivity contribution in [2.75, 3.05) is 6.61 Å². The minimum absolute atomic E-state index is 0.188. The van der Waals surface area contributed by atoms with E-state index in [0.29, 0.717) is 5.30 Å². The smallest absolute Gasteiger partial charge is 0.262 e. The summed E-state index contributed by atoms with van der Waals surface area (Å²) < 4.78 is 17.9. The summed E-state index contributed by atoms with van der Waals surface area (Å²) in [5.74, 6) is 4.25. The molecule has 0 aliphatic rings. The normalized spacial score (nSPS) is 15.9. The summed E-state index contributed by atoms with van der Waals surface area (Å²) in [4.78, 5) is 11.4. The molecule has 3 N–H and O–H groups in total. The Morgan fingerprint density at radius 3 is 2.59 bits per heavy atom. The van der Waals surface area contributed by atoms with Crippen LogP contribution in [0.1, 0.15) is 6.92 Å². The van der Waals surface area contributed by atoms with E-state index in [-0.39, 0.29) is 6.61 Å². The number of carbonyl (C=O) groups is 1. The molecule has 0 heterocycles. The van der Waals surface area contributed by atoms with E-state index in [1.165, 1.54) is 0 Å². The molecule has 0 aliphatic heterocycles. The van der Waals surface area contributed by atoms with Crippen molar-refractivity contribution < 1.29 is 13.9 Å². The SMILES string of the molecule is CCOP(=O)(c1ccccc1)C(Cl)C(=O)NN. The first kappa shape index (κ1) is 14.2. The van der Waals surface area contributed by atoms with Crippen molar-refractivity contribution in [1.29, 1.82) is 0 Å². The van der Waals surface area contributed by atoms with E-state index in [2.05, 4.69) is 0 Å². The van der Waals surface area contributed by atoms with Gasteiger partial charge < -0.3 is 4.52 Å². The Hall–Kier alpha value is -0.870. The Balaban J connectivity index is 3.14. The maximum Gasteiger partial charge on any atom is 0.262 e. The molecule has 0 saturated heterocycles. The summed E-state index contributed by atoms with van der Waals surface area (Å²) in [7, 11) is -3.46. The van der Waals surface area contributed by atoms with Crippen molar-refractivity contribution in [3.63, 3.8) is 0 Å². The van der Waals surface area contributed by atoms with E-state index in [4.69, 9.17) is 22.0 Å². The van der Waals surface area contributed by atoms with E-state index in [1.54, 1.807) is 37.3 Å². The fraction of sp³-hybridized carbons (Fsp3) is 0.300. The van der Waals surface area contributed by atoms with Crippen molar-refractivity contribution in [1.82, 2.24) is 5.43 Å². The molecular weight excluding hydrogens is 263 g/mol. The number of alkyl halides is 1. The van der Waals surface area contributed by atoms with E-state index < -0.39 is 18.4 Å². The third-order valence-electron chi connectivity index (χ3n) is 2.09. The largest absolute Gasteiger partial charge is 0.324 e. The molecule has 2 atom stereocenters. The van der Waals surface area contributed by atoms with Crippen molar-refractivity contribution in [2.45, 2.75) is 12.0 Å². The zero-order valence-corrected chi connectivity index (χ0v) is 10.9. The van der Waals surface area contributed by atoms with Crippen LogP contribution in [0, 0.1) is 0 Å². The molecule has 94 valence electrons. The number of hydrazine groups is 1. The lowest BCUT2D eigenvalue weighted by atomic mass is 10.4. The predicted octanol–water partition coefficient (Wildman–Crippen LogP) is 1.18. The molecule has 1 aromatic rings. The van der Waals surface area contributed by atoms with Gasteiger partial charge in [0.1, 0.15) is 0 Å². The second kappa shape index (κ2) is 6.17. The summed E-state index contributed by atoms with van der Waals surface area (Å²) >= 11 is 5.87. The number of nitrogens with two attached hydrogens (primary N) is 1. The molecule has 0 saturated carbocycles. The van der Waals surface area contributed by atoms with Crippen LogP contribution in [-0.2, 0) is 13.9 Å². The standard InChI is InChI=1S/C10H14ClN2O3P/c1-2-16-17(15,9(11)10(14)13-12)8-6-4-3-5-7-8/h3-7,9H,2,12H2,1H3,(H,13,14). The van der Waals surface area contributed by atoms with E-state index >= 15 is 0 Å². The van der Waals surface area contributed by atoms with Gasteiger partial charge in [-0.05, 0) is 19.1 Å². The van der Waals surface area contributed by atoms with Crippen LogP contribution in [0.25, 0.3) is 0 Å². The van der Waals surface area contributed by atoms with E-state index in [1.807, 2.05) is 5.43 Å². The zero-order chi connectivity index (χ0) is 12.9. The van der Waals surface area contributed by atoms with Gasteiger partial charge in [-0.3, -0.25) is 14.8 Å². The molecule has 1 amide bonds. The summed E-state index contributed by atoms with van der Waals surface area (Å²) in [5.41, 5.74) is 1.88. The highest BCUT2D eigenvalue weighted by molar-refractivity contribution is 7.70. The van der Waals surface area contributed by atoms with Gasteiger partial charge in [0.15, 0.2) is 5.12 Å². The molecular formula is C10H14ClN2O3P. The van der Waals surface area contributed by atoms with Crippen LogP contribution in [0.2, 0.25) is 0 Å². The number of benzene rings is 1. The number of nitrogens with one attached hydrogen (secondary N) is 1. The maximum absolute atomic E-state index is 12.6. The van der Waals surface area contributed by atoms with E-state index in [0.717, 1.165) is 0 Å². The highest BCUT2D eigenvalue weighted by Crippen LogP contribution is 2.52. The van der Waals surface area contributed by atoms with Gasteiger partial charge in [0.25, 0.3) is 13.3 Å². The van der Waals surface area contributed by atoms with Crippen LogP contribution in [0.3, 0.4) is 0 Å². The van der Waals surface area contributed by atoms with Gasteiger partial charge in [-0.25, -0.2) is 5.84 Å². The Kier molecular flexibility index (Phi) is 5.15. The predicted molar refractivity (Wildman–Crippen MR) is 67.3 cm³/mol. The number of amides is 1. The van der Waals surface area contributed by atoms with Crippen LogP contribution >= 0.6 is 19.0 Å². The Morgan fingerprint density at radius 2 is 2.12 bits per heavy atom. The molecule has 0 aromatic heterocycles. The number of rotatable bonds is 5. The van der Waals surface area contributed by atoms with Gasteiger partial charge in [-0.15, -0.1) is 11.6 Å². The molecule has 5 nitrogen and oxygen atoms in total. The Labute approximate surface area is 105 Å². The van der Waals surface area contributed by atoms with Crippen LogP contribution in [0.15, 0.2) is 30.3 Å². The average Bonchev–Trinajstić information content (AvgIpc) is 2.38. The lowest BCUT2D eigenvalue weighted by Crippen LogP contribution is -2.38. The van der Waals surface area contributed by atoms with Gasteiger partial charge >= 0.3 is 0 Å². The second-order valence-corrected chi connectivity index (χ2v) is 6.42. The summed E-state index contributed by atoms with van der Waals surface area (Å²) in [6, 6.07) is 8.38. The number of carbonyl (C=O) groups excluding carboxylic acids is 1. The fourth-order valence-corrected chi connectivity index (χ4v) is 3.79. The molecule has 0 radical (unpaired) electrons. The van der Waals surface area contributed by atoms with Crippen molar-refractivity contribution in [2.24, 2.45) is 5.84 Å². The Morgan fingerprint density at radius 1 is 1.53 bits per heavy atom. The number of hydrogen-bond acceptors (Lipinski definition) is 4.